The Labute approximate surface area is 145 Å². The van der Waals surface area contributed by atoms with Crippen LogP contribution in [0.2, 0.25) is 0 Å². The van der Waals surface area contributed by atoms with Crippen molar-refractivity contribution in [3.8, 4) is 0 Å². The molecule has 0 aliphatic rings. The number of hydrogen-bond donors (Lipinski definition) is 0. The third-order valence-electron chi connectivity index (χ3n) is 3.29. The molecule has 0 rings (SSSR count). The maximum atomic E-state index is 11.0. The van der Waals surface area contributed by atoms with Crippen molar-refractivity contribution in [2.24, 2.45) is 0 Å². The summed E-state index contributed by atoms with van der Waals surface area (Å²) in [5.41, 5.74) is 0. The fourth-order valence-electron chi connectivity index (χ4n) is 1.95. The van der Waals surface area contributed by atoms with Crippen molar-refractivity contribution in [3.63, 3.8) is 0 Å². The molecule has 2 heteroatoms. The lowest BCUT2D eigenvalue weighted by Crippen LogP contribution is -1.98. The number of rotatable bonds is 14. The van der Waals surface area contributed by atoms with E-state index in [4.69, 9.17) is 2.74 Å². The van der Waals surface area contributed by atoms with Gasteiger partial charge in [0, 0.05) is 6.42 Å². The lowest BCUT2D eigenvalue weighted by Gasteiger charge is -1.99. The predicted molar refractivity (Wildman–Crippen MR) is 100 cm³/mol. The first-order valence-electron chi connectivity index (χ1n) is 9.78. The zero-order chi connectivity index (χ0) is 18.8. The summed E-state index contributed by atoms with van der Waals surface area (Å²) in [5, 5.41) is 0. The highest BCUT2D eigenvalue weighted by atomic mass is 16.5. The average molecular weight is 321 g/mol. The van der Waals surface area contributed by atoms with Crippen LogP contribution in [0.25, 0.3) is 0 Å². The minimum Gasteiger partial charge on any atom is -0.469 e. The summed E-state index contributed by atoms with van der Waals surface area (Å²) in [6.07, 6.45) is 20.9. The van der Waals surface area contributed by atoms with E-state index < -0.39 is 0 Å². The highest BCUT2D eigenvalue weighted by Gasteiger charge is 1.98. The van der Waals surface area contributed by atoms with Crippen LogP contribution >= 0.6 is 0 Å². The Morgan fingerprint density at radius 1 is 0.870 bits per heavy atom. The van der Waals surface area contributed by atoms with Gasteiger partial charge in [-0.2, -0.15) is 0 Å². The molecule has 0 spiro atoms. The van der Waals surface area contributed by atoms with Crippen molar-refractivity contribution in [2.75, 3.05) is 7.11 Å². The maximum Gasteiger partial charge on any atom is 0.305 e. The van der Waals surface area contributed by atoms with Gasteiger partial charge in [0.1, 0.15) is 0 Å². The third-order valence-corrected chi connectivity index (χ3v) is 3.29. The molecule has 0 aliphatic heterocycles. The first-order valence-corrected chi connectivity index (χ1v) is 8.78. The summed E-state index contributed by atoms with van der Waals surface area (Å²) < 4.78 is 20.4. The van der Waals surface area contributed by atoms with Gasteiger partial charge < -0.3 is 4.74 Å². The summed E-state index contributed by atoms with van der Waals surface area (Å²) in [5.74, 6) is -0.159. The molecule has 0 radical (unpaired) electrons. The summed E-state index contributed by atoms with van der Waals surface area (Å²) in [6, 6.07) is 0.832. The van der Waals surface area contributed by atoms with E-state index in [-0.39, 0.29) is 5.97 Å². The normalized spacial score (nSPS) is 14.3. The Morgan fingerprint density at radius 2 is 1.48 bits per heavy atom. The molecule has 0 aromatic carbocycles. The van der Waals surface area contributed by atoms with Gasteiger partial charge in [-0.15, -0.1) is 0 Å². The van der Waals surface area contributed by atoms with Crippen LogP contribution in [0.15, 0.2) is 48.6 Å². The van der Waals surface area contributed by atoms with E-state index in [1.165, 1.54) is 7.11 Å². The van der Waals surface area contributed by atoms with Crippen LogP contribution < -0.4 is 0 Å². The quantitative estimate of drug-likeness (QED) is 0.213. The van der Waals surface area contributed by atoms with E-state index in [1.54, 1.807) is 0 Å². The molecule has 0 N–H and O–H groups in total. The second-order valence-electron chi connectivity index (χ2n) is 5.34. The van der Waals surface area contributed by atoms with E-state index in [1.807, 2.05) is 6.08 Å². The van der Waals surface area contributed by atoms with Crippen molar-refractivity contribution in [3.05, 3.63) is 48.6 Å². The molecule has 0 atom stereocenters. The fraction of sp³-hybridized carbons (Fsp3) is 0.571. The topological polar surface area (TPSA) is 26.3 Å². The zero-order valence-electron chi connectivity index (χ0n) is 16.9. The van der Waals surface area contributed by atoms with Crippen LogP contribution in [0.4, 0.5) is 0 Å². The number of carbonyl (C=O) groups is 1. The molecule has 0 aromatic rings. The second kappa shape index (κ2) is 18.5. The molecule has 0 aliphatic carbocycles. The van der Waals surface area contributed by atoms with E-state index >= 15 is 0 Å². The number of carbonyl (C=O) groups excluding carboxylic acids is 1. The van der Waals surface area contributed by atoms with Crippen LogP contribution in [-0.4, -0.2) is 13.1 Å². The molecule has 0 bridgehead atoms. The number of ether oxygens (including phenoxy) is 1. The lowest BCUT2D eigenvalue weighted by atomic mass is 10.1. The third kappa shape index (κ3) is 18.4. The highest BCUT2D eigenvalue weighted by Crippen LogP contribution is 2.06. The molecule has 0 fully saturated rings. The molecule has 0 heterocycles. The Balaban J connectivity index is 3.79. The molecule has 0 unspecified atom stereocenters. The molecule has 23 heavy (non-hydrogen) atoms. The molecule has 0 saturated carbocycles. The van der Waals surface area contributed by atoms with Gasteiger partial charge >= 0.3 is 5.97 Å². The van der Waals surface area contributed by atoms with Crippen molar-refractivity contribution in [1.29, 1.82) is 0 Å². The van der Waals surface area contributed by atoms with Crippen LogP contribution in [0.5, 0.6) is 0 Å². The Hall–Kier alpha value is -1.57. The first kappa shape index (κ1) is 17.8. The molecule has 2 nitrogen and oxygen atoms in total. The minimum atomic E-state index is -0.159. The molecular formula is C21H34O2. The summed E-state index contributed by atoms with van der Waals surface area (Å²) >= 11 is 0. The van der Waals surface area contributed by atoms with Crippen molar-refractivity contribution < 1.29 is 12.3 Å². The summed E-state index contributed by atoms with van der Waals surface area (Å²) in [6.45, 7) is 2.13. The van der Waals surface area contributed by atoms with Crippen LogP contribution in [0.1, 0.15) is 73.9 Å². The number of hydrogen-bond acceptors (Lipinski definition) is 2. The van der Waals surface area contributed by atoms with Gasteiger partial charge in [-0.05, 0) is 44.9 Å². The average Bonchev–Trinajstić information content (AvgIpc) is 2.62. The van der Waals surface area contributed by atoms with Gasteiger partial charge in [-0.25, -0.2) is 0 Å². The van der Waals surface area contributed by atoms with Crippen LogP contribution in [0.3, 0.4) is 0 Å². The van der Waals surface area contributed by atoms with Gasteiger partial charge in [0.05, 0.1) is 9.85 Å². The summed E-state index contributed by atoms with van der Waals surface area (Å²) in [7, 11) is 1.41. The van der Waals surface area contributed by atoms with Crippen LogP contribution in [0, 0.1) is 0 Å². The lowest BCUT2D eigenvalue weighted by molar-refractivity contribution is -0.140. The molecule has 0 saturated heterocycles. The van der Waals surface area contributed by atoms with Gasteiger partial charge in [-0.3, -0.25) is 4.79 Å². The maximum absolute atomic E-state index is 11.0. The van der Waals surface area contributed by atoms with E-state index in [0.29, 0.717) is 31.4 Å². The molecule has 0 amide bonds. The number of methoxy groups -OCH3 is 1. The largest absolute Gasteiger partial charge is 0.469 e. The minimum absolute atomic E-state index is 0.159. The van der Waals surface area contributed by atoms with Crippen molar-refractivity contribution in [1.82, 2.24) is 0 Å². The van der Waals surface area contributed by atoms with Gasteiger partial charge in [0.15, 0.2) is 0 Å². The number of unbranched alkanes of at least 4 members (excludes halogenated alkanes) is 3. The van der Waals surface area contributed by atoms with Gasteiger partial charge in [0.2, 0.25) is 0 Å². The smallest absolute Gasteiger partial charge is 0.305 e. The monoisotopic (exact) mass is 320 g/mol. The number of esters is 1. The SMILES string of the molecule is [2H]/C(C/C=C/C/C=C/C/C=C/CC)=C(/[2H])CCCCCCC(=O)OC. The van der Waals surface area contributed by atoms with E-state index in [2.05, 4.69) is 42.0 Å². The zero-order valence-corrected chi connectivity index (χ0v) is 14.9. The Kier molecular flexibility index (Phi) is 14.3. The number of allylic oxidation sites excluding steroid dienone is 8. The van der Waals surface area contributed by atoms with Gasteiger partial charge in [0.25, 0.3) is 0 Å². The van der Waals surface area contributed by atoms with Crippen molar-refractivity contribution >= 4 is 5.97 Å². The van der Waals surface area contributed by atoms with Crippen molar-refractivity contribution in [2.45, 2.75) is 71.1 Å². The predicted octanol–water partition coefficient (Wildman–Crippen LogP) is 6.31. The molecular weight excluding hydrogens is 284 g/mol. The first-order chi connectivity index (χ1) is 12.1. The van der Waals surface area contributed by atoms with E-state index in [9.17, 15) is 4.79 Å². The van der Waals surface area contributed by atoms with E-state index in [0.717, 1.165) is 44.9 Å². The second-order valence-corrected chi connectivity index (χ2v) is 5.34. The fourth-order valence-corrected chi connectivity index (χ4v) is 1.95. The summed E-state index contributed by atoms with van der Waals surface area (Å²) in [4.78, 5) is 11.0. The van der Waals surface area contributed by atoms with Crippen LogP contribution in [-0.2, 0) is 9.53 Å². The van der Waals surface area contributed by atoms with Gasteiger partial charge in [-0.1, -0.05) is 68.3 Å². The highest BCUT2D eigenvalue weighted by molar-refractivity contribution is 5.68. The molecule has 0 aromatic heterocycles. The Bertz CT molecular complexity index is 463. The Morgan fingerprint density at radius 3 is 2.13 bits per heavy atom. The standard InChI is InChI=1S/C21H34O2/c1-3-4-5-6-7-8-9-10-11-12-13-14-15-16-17-18-19-20-21(22)23-2/h4-5,7-8,10-11,13-14H,3,6,9,12,15-20H2,1-2H3/b5-4+,8-7+,11-10+,14-13+/i13D,14D. The molecule has 130 valence electrons.